The van der Waals surface area contributed by atoms with Gasteiger partial charge in [0, 0.05) is 24.2 Å². The van der Waals surface area contributed by atoms with E-state index in [1.54, 1.807) is 6.20 Å². The van der Waals surface area contributed by atoms with Gasteiger partial charge in [-0.15, -0.1) is 11.3 Å². The second-order valence-corrected chi connectivity index (χ2v) is 8.12. The lowest BCUT2D eigenvalue weighted by Gasteiger charge is -2.43. The predicted octanol–water partition coefficient (Wildman–Crippen LogP) is 0.750. The fourth-order valence-corrected chi connectivity index (χ4v) is 5.17. The van der Waals surface area contributed by atoms with Crippen molar-refractivity contribution in [2.45, 2.75) is 31.4 Å². The van der Waals surface area contributed by atoms with Crippen LogP contribution in [0.4, 0.5) is 0 Å². The van der Waals surface area contributed by atoms with Crippen molar-refractivity contribution in [3.05, 3.63) is 39.3 Å². The molecule has 2 aromatic heterocycles. The molecule has 2 aliphatic heterocycles. The lowest BCUT2D eigenvalue weighted by molar-refractivity contribution is -0.123. The summed E-state index contributed by atoms with van der Waals surface area (Å²) in [6.07, 6.45) is 4.11. The number of amides is 2. The molecule has 1 fully saturated rings. The lowest BCUT2D eigenvalue weighted by Crippen LogP contribution is -2.48. The van der Waals surface area contributed by atoms with Gasteiger partial charge in [-0.1, -0.05) is 0 Å². The molecule has 4 rings (SSSR count). The number of nitrogens with one attached hydrogen (secondary N) is 2. The van der Waals surface area contributed by atoms with Crippen molar-refractivity contribution in [3.63, 3.8) is 0 Å². The van der Waals surface area contributed by atoms with E-state index >= 15 is 0 Å². The molecule has 4 N–H and O–H groups in total. The number of ether oxygens (including phenoxy) is 1. The van der Waals surface area contributed by atoms with E-state index in [-0.39, 0.29) is 24.0 Å². The summed E-state index contributed by atoms with van der Waals surface area (Å²) in [6, 6.07) is 3.84. The minimum Gasteiger partial charge on any atom is -0.369 e. The van der Waals surface area contributed by atoms with Gasteiger partial charge >= 0.3 is 0 Å². The van der Waals surface area contributed by atoms with Crippen molar-refractivity contribution in [1.82, 2.24) is 20.4 Å². The number of thiophene rings is 1. The van der Waals surface area contributed by atoms with E-state index in [0.717, 1.165) is 38.0 Å². The highest BCUT2D eigenvalue weighted by Crippen LogP contribution is 2.45. The highest BCUT2D eigenvalue weighted by atomic mass is 32.1. The van der Waals surface area contributed by atoms with E-state index in [1.807, 2.05) is 12.1 Å². The Morgan fingerprint density at radius 2 is 2.22 bits per heavy atom. The number of carbonyl (C=O) groups is 2. The van der Waals surface area contributed by atoms with Crippen LogP contribution >= 0.6 is 11.3 Å². The fourth-order valence-electron chi connectivity index (χ4n) is 3.84. The number of rotatable bonds is 5. The molecule has 0 aromatic carbocycles. The number of hydrogen-bond acceptors (Lipinski definition) is 6. The molecule has 2 amide bonds. The van der Waals surface area contributed by atoms with Crippen molar-refractivity contribution in [2.24, 2.45) is 5.73 Å². The van der Waals surface area contributed by atoms with Gasteiger partial charge in [0.05, 0.1) is 30.3 Å². The van der Waals surface area contributed by atoms with Crippen LogP contribution in [0.1, 0.15) is 38.6 Å². The maximum atomic E-state index is 12.6. The average molecular weight is 389 g/mol. The Hall–Kier alpha value is -2.23. The van der Waals surface area contributed by atoms with E-state index in [4.69, 9.17) is 10.5 Å². The largest absolute Gasteiger partial charge is 0.369 e. The number of nitrogens with two attached hydrogens (primary N) is 1. The topological polar surface area (TPSA) is 113 Å². The summed E-state index contributed by atoms with van der Waals surface area (Å²) >= 11 is 1.53. The molecule has 1 saturated heterocycles. The van der Waals surface area contributed by atoms with Gasteiger partial charge in [0.25, 0.3) is 5.91 Å². The fraction of sp³-hybridized carbons (Fsp3) is 0.500. The number of primary amides is 1. The van der Waals surface area contributed by atoms with Crippen molar-refractivity contribution in [3.8, 4) is 0 Å². The van der Waals surface area contributed by atoms with Crippen LogP contribution in [-0.2, 0) is 28.1 Å². The maximum absolute atomic E-state index is 12.6. The molecule has 8 nitrogen and oxygen atoms in total. The molecule has 0 radical (unpaired) electrons. The second-order valence-electron chi connectivity index (χ2n) is 7.06. The zero-order chi connectivity index (χ0) is 18.9. The monoisotopic (exact) mass is 389 g/mol. The summed E-state index contributed by atoms with van der Waals surface area (Å²) in [5.41, 5.74) is 7.05. The Balaban J connectivity index is 1.47. The van der Waals surface area contributed by atoms with Crippen molar-refractivity contribution in [1.29, 1.82) is 0 Å². The minimum atomic E-state index is -0.339. The number of aromatic nitrogens is 2. The van der Waals surface area contributed by atoms with E-state index in [0.29, 0.717) is 18.0 Å². The van der Waals surface area contributed by atoms with Crippen molar-refractivity contribution in [2.75, 3.05) is 26.2 Å². The Morgan fingerprint density at radius 3 is 2.93 bits per heavy atom. The minimum absolute atomic E-state index is 0.0784. The summed E-state index contributed by atoms with van der Waals surface area (Å²) in [4.78, 5) is 27.7. The van der Waals surface area contributed by atoms with Crippen LogP contribution in [0.25, 0.3) is 0 Å². The Kier molecular flexibility index (Phi) is 4.98. The number of piperidine rings is 1. The maximum Gasteiger partial charge on any atom is 0.261 e. The first kappa shape index (κ1) is 18.1. The molecule has 0 aliphatic carbocycles. The average Bonchev–Trinajstić information content (AvgIpc) is 3.31. The zero-order valence-electron chi connectivity index (χ0n) is 15.0. The highest BCUT2D eigenvalue weighted by molar-refractivity contribution is 7.14. The quantitative estimate of drug-likeness (QED) is 0.698. The van der Waals surface area contributed by atoms with Crippen LogP contribution in [-0.4, -0.2) is 53.2 Å². The van der Waals surface area contributed by atoms with Crippen LogP contribution in [0, 0.1) is 0 Å². The summed E-state index contributed by atoms with van der Waals surface area (Å²) < 4.78 is 6.22. The van der Waals surface area contributed by atoms with Crippen LogP contribution in [0.15, 0.2) is 18.3 Å². The van der Waals surface area contributed by atoms with Crippen LogP contribution in [0.3, 0.4) is 0 Å². The lowest BCUT2D eigenvalue weighted by atomic mass is 9.85. The van der Waals surface area contributed by atoms with Crippen LogP contribution in [0.5, 0.6) is 0 Å². The Labute approximate surface area is 161 Å². The molecule has 4 heterocycles. The van der Waals surface area contributed by atoms with E-state index < -0.39 is 0 Å². The van der Waals surface area contributed by atoms with Gasteiger partial charge < -0.3 is 15.8 Å². The second kappa shape index (κ2) is 7.41. The number of likely N-dealkylation sites (tertiary alicyclic amines) is 1. The number of carbonyl (C=O) groups excluding carboxylic acids is 2. The van der Waals surface area contributed by atoms with Gasteiger partial charge in [0.15, 0.2) is 0 Å². The summed E-state index contributed by atoms with van der Waals surface area (Å²) in [7, 11) is 0. The van der Waals surface area contributed by atoms with Gasteiger partial charge in [-0.05, 0) is 37.0 Å². The Morgan fingerprint density at radius 1 is 1.41 bits per heavy atom. The summed E-state index contributed by atoms with van der Waals surface area (Å²) in [5, 5.41) is 9.65. The SMILES string of the molecule is NC(=O)CN1CCC2(CC1)OCCc1cc(C(=O)NCc3ccn[nH]3)sc12. The van der Waals surface area contributed by atoms with E-state index in [9.17, 15) is 9.59 Å². The molecule has 2 aromatic rings. The number of hydrogen-bond donors (Lipinski definition) is 3. The molecule has 0 unspecified atom stereocenters. The van der Waals surface area contributed by atoms with E-state index in [2.05, 4.69) is 20.4 Å². The Bertz CT molecular complexity index is 824. The third kappa shape index (κ3) is 3.76. The predicted molar refractivity (Wildman–Crippen MR) is 100 cm³/mol. The van der Waals surface area contributed by atoms with Crippen LogP contribution in [0.2, 0.25) is 0 Å². The number of H-pyrrole nitrogens is 1. The standard InChI is InChI=1S/C18H23N5O3S/c19-15(24)11-23-6-3-18(4-7-23)16-12(2-8-26-18)9-14(27-16)17(25)20-10-13-1-5-21-22-13/h1,5,9H,2-4,6-8,10-11H2,(H2,19,24)(H,20,25)(H,21,22). The molecule has 27 heavy (non-hydrogen) atoms. The van der Waals surface area contributed by atoms with E-state index in [1.165, 1.54) is 21.8 Å². The molecule has 144 valence electrons. The van der Waals surface area contributed by atoms with Crippen LogP contribution < -0.4 is 11.1 Å². The van der Waals surface area contributed by atoms with Gasteiger partial charge in [-0.25, -0.2) is 0 Å². The smallest absolute Gasteiger partial charge is 0.261 e. The van der Waals surface area contributed by atoms with Gasteiger partial charge in [-0.2, -0.15) is 5.10 Å². The number of nitrogens with zero attached hydrogens (tertiary/aromatic N) is 2. The first-order chi connectivity index (χ1) is 13.1. The molecule has 9 heteroatoms. The molecule has 1 spiro atoms. The number of fused-ring (bicyclic) bond motifs is 2. The molecule has 2 aliphatic rings. The summed E-state index contributed by atoms with van der Waals surface area (Å²) in [6.45, 7) is 2.90. The zero-order valence-corrected chi connectivity index (χ0v) is 15.8. The normalized spacial score (nSPS) is 19.0. The molecule has 0 atom stereocenters. The van der Waals surface area contributed by atoms with Crippen molar-refractivity contribution >= 4 is 23.2 Å². The first-order valence-corrected chi connectivity index (χ1v) is 9.92. The first-order valence-electron chi connectivity index (χ1n) is 9.10. The summed E-state index contributed by atoms with van der Waals surface area (Å²) in [5.74, 6) is -0.381. The number of aromatic amines is 1. The van der Waals surface area contributed by atoms with Gasteiger partial charge in [0.1, 0.15) is 5.60 Å². The third-order valence-corrected chi connectivity index (χ3v) is 6.60. The molecule has 0 bridgehead atoms. The van der Waals surface area contributed by atoms with Crippen molar-refractivity contribution < 1.29 is 14.3 Å². The molecule has 0 saturated carbocycles. The third-order valence-electron chi connectivity index (χ3n) is 5.24. The molecular weight excluding hydrogens is 366 g/mol. The molecular formula is C18H23N5O3S. The van der Waals surface area contributed by atoms with Gasteiger partial charge in [0.2, 0.25) is 5.91 Å². The van der Waals surface area contributed by atoms with Gasteiger partial charge in [-0.3, -0.25) is 19.6 Å². The highest BCUT2D eigenvalue weighted by Gasteiger charge is 2.42.